The van der Waals surface area contributed by atoms with Crippen LogP contribution in [0.2, 0.25) is 0 Å². The number of rotatable bonds is 5. The van der Waals surface area contributed by atoms with E-state index in [-0.39, 0.29) is 30.9 Å². The first-order valence-corrected chi connectivity index (χ1v) is 6.32. The van der Waals surface area contributed by atoms with Gasteiger partial charge in [-0.1, -0.05) is 26.7 Å². The van der Waals surface area contributed by atoms with Crippen LogP contribution in [0.4, 0.5) is 0 Å². The fourth-order valence-corrected chi connectivity index (χ4v) is 2.05. The molecule has 2 N–H and O–H groups in total. The van der Waals surface area contributed by atoms with Crippen molar-refractivity contribution in [1.29, 1.82) is 0 Å². The van der Waals surface area contributed by atoms with Crippen LogP contribution in [-0.4, -0.2) is 48.3 Å². The van der Waals surface area contributed by atoms with Gasteiger partial charge < -0.3 is 15.3 Å². The van der Waals surface area contributed by atoms with Crippen LogP contribution in [-0.2, 0) is 0 Å². The van der Waals surface area contributed by atoms with Crippen LogP contribution in [0.5, 0.6) is 0 Å². The van der Waals surface area contributed by atoms with Crippen molar-refractivity contribution in [2.24, 2.45) is 0 Å². The Hall–Kier alpha value is 0.460. The van der Waals surface area contributed by atoms with Crippen molar-refractivity contribution < 1.29 is 5.11 Å². The van der Waals surface area contributed by atoms with Gasteiger partial charge in [0.2, 0.25) is 0 Å². The molecule has 0 saturated carbocycles. The molecule has 17 heavy (non-hydrogen) atoms. The number of halogens is 2. The van der Waals surface area contributed by atoms with Crippen molar-refractivity contribution in [3.63, 3.8) is 0 Å². The van der Waals surface area contributed by atoms with E-state index in [4.69, 9.17) is 0 Å². The van der Waals surface area contributed by atoms with Gasteiger partial charge in [0.25, 0.3) is 0 Å². The molecule has 1 fully saturated rings. The van der Waals surface area contributed by atoms with Gasteiger partial charge in [0.1, 0.15) is 0 Å². The lowest BCUT2D eigenvalue weighted by molar-refractivity contribution is 0.111. The normalized spacial score (nSPS) is 19.1. The average Bonchev–Trinajstić information content (AvgIpc) is 2.43. The largest absolute Gasteiger partial charge is 0.390 e. The molecule has 0 aliphatic carbocycles. The van der Waals surface area contributed by atoms with Crippen LogP contribution in [0, 0.1) is 0 Å². The minimum Gasteiger partial charge on any atom is -0.390 e. The topological polar surface area (TPSA) is 35.5 Å². The van der Waals surface area contributed by atoms with Crippen molar-refractivity contribution in [1.82, 2.24) is 10.2 Å². The second-order valence-corrected chi connectivity index (χ2v) is 4.93. The van der Waals surface area contributed by atoms with Crippen molar-refractivity contribution in [3.8, 4) is 0 Å². The molecular formula is C12H28Cl2N2O. The van der Waals surface area contributed by atoms with Crippen LogP contribution in [0.25, 0.3) is 0 Å². The third kappa shape index (κ3) is 10.1. The first kappa shape index (κ1) is 19.8. The molecule has 1 aliphatic heterocycles. The van der Waals surface area contributed by atoms with Gasteiger partial charge in [0, 0.05) is 19.1 Å². The monoisotopic (exact) mass is 286 g/mol. The number of hydrogen-bond donors (Lipinski definition) is 2. The summed E-state index contributed by atoms with van der Waals surface area (Å²) in [5.74, 6) is 0. The first-order chi connectivity index (χ1) is 7.18. The Morgan fingerprint density at radius 1 is 1.06 bits per heavy atom. The Kier molecular flexibility index (Phi) is 13.4. The highest BCUT2D eigenvalue weighted by molar-refractivity contribution is 5.85. The summed E-state index contributed by atoms with van der Waals surface area (Å²) in [6.07, 6.45) is 5.09. The van der Waals surface area contributed by atoms with Gasteiger partial charge in [-0.3, -0.25) is 0 Å². The van der Waals surface area contributed by atoms with E-state index < -0.39 is 0 Å². The summed E-state index contributed by atoms with van der Waals surface area (Å²) in [5.41, 5.74) is 0. The first-order valence-electron chi connectivity index (χ1n) is 6.32. The zero-order valence-electron chi connectivity index (χ0n) is 11.0. The fraction of sp³-hybridized carbons (Fsp3) is 1.00. The van der Waals surface area contributed by atoms with Crippen molar-refractivity contribution >= 4 is 24.8 Å². The molecule has 0 amide bonds. The molecule has 0 aromatic carbocycles. The Morgan fingerprint density at radius 2 is 1.59 bits per heavy atom. The van der Waals surface area contributed by atoms with Crippen molar-refractivity contribution in [3.05, 3.63) is 0 Å². The zero-order valence-corrected chi connectivity index (χ0v) is 12.7. The minimum atomic E-state index is -0.217. The predicted molar refractivity (Wildman–Crippen MR) is 78.5 cm³/mol. The molecule has 1 saturated heterocycles. The molecule has 0 aromatic heterocycles. The van der Waals surface area contributed by atoms with Gasteiger partial charge >= 0.3 is 0 Å². The molecule has 1 rings (SSSR count). The number of likely N-dealkylation sites (tertiary alicyclic amines) is 1. The molecule has 0 radical (unpaired) electrons. The number of nitrogens with zero attached hydrogens (tertiary/aromatic N) is 1. The molecule has 1 aliphatic rings. The Balaban J connectivity index is 0. The van der Waals surface area contributed by atoms with Crippen LogP contribution < -0.4 is 5.32 Å². The van der Waals surface area contributed by atoms with E-state index in [2.05, 4.69) is 24.1 Å². The standard InChI is InChI=1S/C12H26N2O.2ClH/c1-11(2)13-9-12(15)10-14-7-5-3-4-6-8-14;;/h11-13,15H,3-10H2,1-2H3;2*1H. The van der Waals surface area contributed by atoms with E-state index in [1.807, 2.05) is 0 Å². The van der Waals surface area contributed by atoms with Crippen LogP contribution >= 0.6 is 24.8 Å². The highest BCUT2D eigenvalue weighted by Crippen LogP contribution is 2.09. The van der Waals surface area contributed by atoms with Crippen LogP contribution in [0.1, 0.15) is 39.5 Å². The summed E-state index contributed by atoms with van der Waals surface area (Å²) in [6.45, 7) is 8.10. The van der Waals surface area contributed by atoms with E-state index in [0.717, 1.165) is 6.54 Å². The van der Waals surface area contributed by atoms with E-state index in [9.17, 15) is 5.11 Å². The van der Waals surface area contributed by atoms with E-state index >= 15 is 0 Å². The molecule has 1 atom stereocenters. The molecule has 0 spiro atoms. The second-order valence-electron chi connectivity index (χ2n) is 4.93. The lowest BCUT2D eigenvalue weighted by Gasteiger charge is -2.23. The van der Waals surface area contributed by atoms with Crippen LogP contribution in [0.3, 0.4) is 0 Å². The van der Waals surface area contributed by atoms with E-state index in [0.29, 0.717) is 12.6 Å². The number of nitrogens with one attached hydrogen (secondary N) is 1. The average molecular weight is 287 g/mol. The number of hydrogen-bond acceptors (Lipinski definition) is 3. The SMILES string of the molecule is CC(C)NCC(O)CN1CCCCCC1.Cl.Cl. The number of β-amino-alcohol motifs (C(OH)–C–C–N with tert-alkyl or cyclic N) is 1. The molecular weight excluding hydrogens is 259 g/mol. The molecule has 0 aromatic rings. The van der Waals surface area contributed by atoms with Gasteiger partial charge in [-0.25, -0.2) is 0 Å². The third-order valence-corrected chi connectivity index (χ3v) is 2.93. The summed E-state index contributed by atoms with van der Waals surface area (Å²) < 4.78 is 0. The highest BCUT2D eigenvalue weighted by atomic mass is 35.5. The maximum Gasteiger partial charge on any atom is 0.0791 e. The Labute approximate surface area is 118 Å². The highest BCUT2D eigenvalue weighted by Gasteiger charge is 2.13. The van der Waals surface area contributed by atoms with E-state index in [1.165, 1.54) is 38.8 Å². The zero-order chi connectivity index (χ0) is 11.1. The molecule has 106 valence electrons. The smallest absolute Gasteiger partial charge is 0.0791 e. The van der Waals surface area contributed by atoms with Gasteiger partial charge in [-0.2, -0.15) is 0 Å². The predicted octanol–water partition coefficient (Wildman–Crippen LogP) is 2.06. The van der Waals surface area contributed by atoms with Crippen molar-refractivity contribution in [2.45, 2.75) is 51.7 Å². The Bertz CT molecular complexity index is 163. The van der Waals surface area contributed by atoms with Gasteiger partial charge in [-0.15, -0.1) is 24.8 Å². The molecule has 1 heterocycles. The van der Waals surface area contributed by atoms with Crippen molar-refractivity contribution in [2.75, 3.05) is 26.2 Å². The summed E-state index contributed by atoms with van der Waals surface area (Å²) >= 11 is 0. The van der Waals surface area contributed by atoms with E-state index in [1.54, 1.807) is 0 Å². The summed E-state index contributed by atoms with van der Waals surface area (Å²) in [6, 6.07) is 0.462. The molecule has 0 bridgehead atoms. The lowest BCUT2D eigenvalue weighted by atomic mass is 10.2. The van der Waals surface area contributed by atoms with Gasteiger partial charge in [0.05, 0.1) is 6.10 Å². The third-order valence-electron chi connectivity index (χ3n) is 2.93. The quantitative estimate of drug-likeness (QED) is 0.812. The maximum atomic E-state index is 9.84. The fourth-order valence-electron chi connectivity index (χ4n) is 2.05. The molecule has 1 unspecified atom stereocenters. The summed E-state index contributed by atoms with van der Waals surface area (Å²) in [5, 5.41) is 13.1. The maximum absolute atomic E-state index is 9.84. The van der Waals surface area contributed by atoms with Crippen LogP contribution in [0.15, 0.2) is 0 Å². The summed E-state index contributed by atoms with van der Waals surface area (Å²) in [7, 11) is 0. The van der Waals surface area contributed by atoms with Gasteiger partial charge in [0.15, 0.2) is 0 Å². The second kappa shape index (κ2) is 11.5. The lowest BCUT2D eigenvalue weighted by Crippen LogP contribution is -2.40. The Morgan fingerprint density at radius 3 is 2.06 bits per heavy atom. The molecule has 3 nitrogen and oxygen atoms in total. The molecule has 5 heteroatoms. The number of aliphatic hydroxyl groups excluding tert-OH is 1. The summed E-state index contributed by atoms with van der Waals surface area (Å²) in [4.78, 5) is 2.40. The minimum absolute atomic E-state index is 0. The number of aliphatic hydroxyl groups is 1. The van der Waals surface area contributed by atoms with Gasteiger partial charge in [-0.05, 0) is 25.9 Å².